The number of allylic oxidation sites excluding steroid dienone is 3. The Bertz CT molecular complexity index is 1400. The van der Waals surface area contributed by atoms with Gasteiger partial charge in [0.05, 0.1) is 12.8 Å². The number of alkyl halides is 3. The van der Waals surface area contributed by atoms with Gasteiger partial charge < -0.3 is 31.9 Å². The van der Waals surface area contributed by atoms with E-state index in [1.807, 2.05) is 6.07 Å². The molecule has 2 amide bonds. The summed E-state index contributed by atoms with van der Waals surface area (Å²) >= 11 is 1.30. The molecular formula is C26H28F3N7O4S. The van der Waals surface area contributed by atoms with Gasteiger partial charge in [-0.25, -0.2) is 0 Å². The highest BCUT2D eigenvalue weighted by Gasteiger charge is 2.31. The van der Waals surface area contributed by atoms with E-state index in [4.69, 9.17) is 11.5 Å². The van der Waals surface area contributed by atoms with Gasteiger partial charge in [0.1, 0.15) is 22.3 Å². The zero-order chi connectivity index (χ0) is 29.8. The highest BCUT2D eigenvalue weighted by atomic mass is 32.1. The number of phenolic OH excluding ortho intramolecular Hbond substituents is 1. The maximum absolute atomic E-state index is 12.4. The third-order valence-electron chi connectivity index (χ3n) is 5.28. The number of unbranched alkanes of at least 4 members (excludes halogenated alkanes) is 1. The Labute approximate surface area is 237 Å². The summed E-state index contributed by atoms with van der Waals surface area (Å²) in [6.45, 7) is 0. The van der Waals surface area contributed by atoms with Crippen LogP contribution in [0.1, 0.15) is 35.5 Å². The number of aromatic hydroxyl groups is 1. The second-order valence-electron chi connectivity index (χ2n) is 8.68. The van der Waals surface area contributed by atoms with Crippen LogP contribution in [-0.4, -0.2) is 38.5 Å². The van der Waals surface area contributed by atoms with Crippen LogP contribution in [-0.2, 0) is 28.9 Å². The predicted molar refractivity (Wildman–Crippen MR) is 145 cm³/mol. The van der Waals surface area contributed by atoms with Crippen LogP contribution in [0.25, 0.3) is 0 Å². The third kappa shape index (κ3) is 11.5. The number of anilines is 1. The summed E-state index contributed by atoms with van der Waals surface area (Å²) in [5.74, 6) is -1.85. The number of ether oxygens (including phenoxy) is 1. The Morgan fingerprint density at radius 1 is 1.05 bits per heavy atom. The van der Waals surface area contributed by atoms with Crippen molar-refractivity contribution in [1.82, 2.24) is 20.5 Å². The third-order valence-corrected chi connectivity index (χ3v) is 6.18. The fourth-order valence-corrected chi connectivity index (χ4v) is 4.24. The van der Waals surface area contributed by atoms with Crippen LogP contribution in [0, 0.1) is 0 Å². The molecule has 0 radical (unpaired) electrons. The fraction of sp³-hybridized carbons (Fsp3) is 0.269. The van der Waals surface area contributed by atoms with Crippen LogP contribution < -0.4 is 26.8 Å². The van der Waals surface area contributed by atoms with Crippen molar-refractivity contribution in [3.05, 3.63) is 82.5 Å². The highest BCUT2D eigenvalue weighted by Crippen LogP contribution is 2.28. The minimum atomic E-state index is -4.91. The van der Waals surface area contributed by atoms with E-state index >= 15 is 0 Å². The highest BCUT2D eigenvalue weighted by molar-refractivity contribution is 7.15. The molecule has 1 aromatic carbocycles. The number of aromatic nitrogens is 3. The van der Waals surface area contributed by atoms with Crippen molar-refractivity contribution in [2.24, 2.45) is 11.5 Å². The van der Waals surface area contributed by atoms with Crippen molar-refractivity contribution in [1.29, 1.82) is 0 Å². The number of pyridine rings is 1. The van der Waals surface area contributed by atoms with E-state index in [2.05, 4.69) is 30.6 Å². The van der Waals surface area contributed by atoms with Gasteiger partial charge in [-0.1, -0.05) is 17.4 Å². The zero-order valence-corrected chi connectivity index (χ0v) is 22.5. The molecule has 0 bridgehead atoms. The lowest BCUT2D eigenvalue weighted by Crippen LogP contribution is -2.28. The molecule has 3 aromatic rings. The number of hydrogen-bond donors (Lipinski definition) is 5. The number of nitrogens with one attached hydrogen (secondary N) is 2. The van der Waals surface area contributed by atoms with Gasteiger partial charge in [0, 0.05) is 29.6 Å². The van der Waals surface area contributed by atoms with Gasteiger partial charge in [-0.3, -0.25) is 14.6 Å². The average molecular weight is 592 g/mol. The van der Waals surface area contributed by atoms with E-state index in [1.54, 1.807) is 18.3 Å². The molecule has 0 atom stereocenters. The molecule has 0 aliphatic heterocycles. The Balaban J connectivity index is 1.38. The minimum absolute atomic E-state index is 0.0355. The van der Waals surface area contributed by atoms with E-state index in [-0.39, 0.29) is 29.5 Å². The molecule has 41 heavy (non-hydrogen) atoms. The molecule has 218 valence electrons. The summed E-state index contributed by atoms with van der Waals surface area (Å²) in [4.78, 5) is 28.5. The van der Waals surface area contributed by atoms with E-state index < -0.39 is 24.4 Å². The average Bonchev–Trinajstić information content (AvgIpc) is 3.34. The van der Waals surface area contributed by atoms with Gasteiger partial charge in [-0.15, -0.1) is 23.4 Å². The Morgan fingerprint density at radius 3 is 2.59 bits per heavy atom. The summed E-state index contributed by atoms with van der Waals surface area (Å²) in [6, 6.07) is 8.20. The fourth-order valence-electron chi connectivity index (χ4n) is 3.44. The van der Waals surface area contributed by atoms with Gasteiger partial charge in [0.25, 0.3) is 0 Å². The van der Waals surface area contributed by atoms with Crippen molar-refractivity contribution < 1.29 is 32.6 Å². The second kappa shape index (κ2) is 14.6. The number of carbonyl (C=O) groups is 2. The number of nitrogens with two attached hydrogens (primary N) is 2. The number of rotatable bonds is 13. The van der Waals surface area contributed by atoms with E-state index in [9.17, 15) is 27.9 Å². The normalized spacial score (nSPS) is 12.2. The first kappa shape index (κ1) is 30.9. The van der Waals surface area contributed by atoms with Crippen LogP contribution in [0.5, 0.6) is 11.5 Å². The van der Waals surface area contributed by atoms with Crippen LogP contribution in [0.3, 0.4) is 0 Å². The van der Waals surface area contributed by atoms with Crippen molar-refractivity contribution in [3.8, 4) is 11.5 Å². The smallest absolute Gasteiger partial charge is 0.508 e. The first-order valence-electron chi connectivity index (χ1n) is 12.3. The number of carbonyl (C=O) groups excluding carboxylic acids is 2. The largest absolute Gasteiger partial charge is 0.573 e. The van der Waals surface area contributed by atoms with Gasteiger partial charge in [-0.05, 0) is 61.7 Å². The lowest BCUT2D eigenvalue weighted by molar-refractivity contribution is -0.274. The molecule has 3 rings (SSSR count). The summed E-state index contributed by atoms with van der Waals surface area (Å²) in [5.41, 5.74) is 12.9. The molecule has 0 unspecified atom stereocenters. The molecular weight excluding hydrogens is 563 g/mol. The van der Waals surface area contributed by atoms with Crippen LogP contribution >= 0.6 is 11.3 Å². The number of nitrogens with zero attached hydrogens (tertiary/aromatic N) is 3. The zero-order valence-electron chi connectivity index (χ0n) is 21.6. The molecule has 7 N–H and O–H groups in total. The molecule has 0 fully saturated rings. The van der Waals surface area contributed by atoms with E-state index in [1.165, 1.54) is 23.5 Å². The number of hydrogen-bond acceptors (Lipinski definition) is 10. The van der Waals surface area contributed by atoms with Crippen molar-refractivity contribution in [2.45, 2.75) is 44.9 Å². The van der Waals surface area contributed by atoms with Crippen LogP contribution in [0.4, 0.5) is 18.3 Å². The maximum atomic E-state index is 12.4. The molecule has 0 spiro atoms. The standard InChI is InChI=1S/C26H28F3N7O4S/c27-26(28,29)40-19-9-10-20(37)16(13-19)14-22(38)33-21(31)11-8-17(30)5-1-2-7-24-35-36-25(41-24)34-23(39)15-18-6-3-4-12-32-18/h3-4,6,8-13,37H,1-2,5,7,14-15,30-31H2,(H,33,38)(H,34,36,39)/b17-8-,21-11+. The number of aryl methyl sites for hydroxylation is 1. The molecule has 2 aromatic heterocycles. The lowest BCUT2D eigenvalue weighted by Gasteiger charge is -2.11. The van der Waals surface area contributed by atoms with Crippen LogP contribution in [0.2, 0.25) is 0 Å². The molecule has 0 saturated carbocycles. The van der Waals surface area contributed by atoms with Gasteiger partial charge in [0.2, 0.25) is 16.9 Å². The molecule has 11 nitrogen and oxygen atoms in total. The number of amides is 2. The predicted octanol–water partition coefficient (Wildman–Crippen LogP) is 3.43. The number of phenols is 1. The van der Waals surface area contributed by atoms with Gasteiger partial charge >= 0.3 is 6.36 Å². The quantitative estimate of drug-likeness (QED) is 0.147. The molecule has 0 saturated heterocycles. The first-order chi connectivity index (χ1) is 19.5. The minimum Gasteiger partial charge on any atom is -0.508 e. The monoisotopic (exact) mass is 591 g/mol. The molecule has 2 heterocycles. The number of halogens is 3. The second-order valence-corrected chi connectivity index (χ2v) is 9.74. The van der Waals surface area contributed by atoms with Crippen molar-refractivity contribution in [2.75, 3.05) is 5.32 Å². The lowest BCUT2D eigenvalue weighted by atomic mass is 10.1. The summed E-state index contributed by atoms with van der Waals surface area (Å²) in [7, 11) is 0. The summed E-state index contributed by atoms with van der Waals surface area (Å²) in [5, 5.41) is 24.2. The number of benzene rings is 1. The Morgan fingerprint density at radius 2 is 1.85 bits per heavy atom. The Kier molecular flexibility index (Phi) is 11.0. The topological polar surface area (TPSA) is 178 Å². The Hall–Kier alpha value is -4.66. The van der Waals surface area contributed by atoms with Crippen molar-refractivity contribution >= 4 is 28.3 Å². The summed E-state index contributed by atoms with van der Waals surface area (Å²) in [6.07, 6.45) is 2.04. The van der Waals surface area contributed by atoms with Gasteiger partial charge in [-0.2, -0.15) is 0 Å². The molecule has 15 heteroatoms. The van der Waals surface area contributed by atoms with Crippen molar-refractivity contribution in [3.63, 3.8) is 0 Å². The molecule has 0 aliphatic rings. The maximum Gasteiger partial charge on any atom is 0.573 e. The molecule has 0 aliphatic carbocycles. The first-order valence-corrected chi connectivity index (χ1v) is 13.1. The van der Waals surface area contributed by atoms with E-state index in [0.29, 0.717) is 29.4 Å². The SMILES string of the molecule is N/C(=C\C=C(/N)NC(=O)Cc1cc(OC(F)(F)F)ccc1O)CCCCc1nnc(NC(=O)Cc2ccccn2)s1. The van der Waals surface area contributed by atoms with Crippen LogP contribution in [0.15, 0.2) is 66.3 Å². The van der Waals surface area contributed by atoms with Gasteiger partial charge in [0.15, 0.2) is 0 Å². The summed E-state index contributed by atoms with van der Waals surface area (Å²) < 4.78 is 41.0. The van der Waals surface area contributed by atoms with E-state index in [0.717, 1.165) is 36.0 Å².